The number of fused-ring (bicyclic) bond motifs is 6. The lowest BCUT2D eigenvalue weighted by Crippen LogP contribution is -2.34. The molecule has 0 radical (unpaired) electrons. The molecule has 0 aromatic heterocycles. The molecule has 0 saturated heterocycles. The van der Waals surface area contributed by atoms with E-state index in [2.05, 4.69) is 0 Å². The summed E-state index contributed by atoms with van der Waals surface area (Å²) in [5.74, 6) is -2.46. The number of carbonyl (C=O) groups excluding carboxylic acids is 1. The lowest BCUT2D eigenvalue weighted by Gasteiger charge is -2.38. The van der Waals surface area contributed by atoms with Gasteiger partial charge in [-0.1, -0.05) is 18.2 Å². The summed E-state index contributed by atoms with van der Waals surface area (Å²) >= 11 is 0. The average molecular weight is 404 g/mol. The molecule has 2 aliphatic rings. The van der Waals surface area contributed by atoms with Crippen molar-refractivity contribution in [3.8, 4) is 23.0 Å². The summed E-state index contributed by atoms with van der Waals surface area (Å²) in [4.78, 5) is 24.7. The Kier molecular flexibility index (Phi) is 3.47. The number of aromatic hydroxyl groups is 2. The van der Waals surface area contributed by atoms with Crippen LogP contribution in [0.4, 0.5) is 0 Å². The van der Waals surface area contributed by atoms with Crippen molar-refractivity contribution in [1.29, 1.82) is 0 Å². The van der Waals surface area contributed by atoms with E-state index >= 15 is 0 Å². The molecule has 1 spiro atoms. The monoisotopic (exact) mass is 404 g/mol. The summed E-state index contributed by atoms with van der Waals surface area (Å²) in [5, 5.41) is 30.3. The van der Waals surface area contributed by atoms with Crippen LogP contribution in [0.5, 0.6) is 23.0 Å². The first kappa shape index (κ1) is 18.1. The molecule has 1 unspecified atom stereocenters. The number of phenolic OH excluding ortho intramolecular Hbond substituents is 1. The zero-order valence-corrected chi connectivity index (χ0v) is 16.0. The van der Waals surface area contributed by atoms with Crippen molar-refractivity contribution < 1.29 is 34.4 Å². The molecule has 3 aromatic carbocycles. The maximum absolute atomic E-state index is 12.8. The number of hydrogen-bond donors (Lipinski definition) is 3. The van der Waals surface area contributed by atoms with Crippen LogP contribution in [0.15, 0.2) is 42.5 Å². The zero-order chi connectivity index (χ0) is 21.4. The summed E-state index contributed by atoms with van der Waals surface area (Å²) in [5.41, 5.74) is 0.986. The molecule has 5 rings (SSSR count). The zero-order valence-electron chi connectivity index (χ0n) is 16.0. The molecule has 3 N–H and O–H groups in total. The highest BCUT2D eigenvalue weighted by Crippen LogP contribution is 2.59. The first-order chi connectivity index (χ1) is 14.3. The molecule has 0 saturated carbocycles. The molecule has 7 nitrogen and oxygen atoms in total. The van der Waals surface area contributed by atoms with Crippen molar-refractivity contribution in [2.24, 2.45) is 0 Å². The Balaban J connectivity index is 1.99. The Morgan fingerprint density at radius 2 is 1.70 bits per heavy atom. The number of aromatic carboxylic acids is 1. The van der Waals surface area contributed by atoms with Crippen LogP contribution in [0.2, 0.25) is 0 Å². The number of esters is 1. The molecular formula is C23H16O7. The van der Waals surface area contributed by atoms with Gasteiger partial charge in [0, 0.05) is 17.2 Å². The van der Waals surface area contributed by atoms with Crippen LogP contribution in [0.3, 0.4) is 0 Å². The van der Waals surface area contributed by atoms with E-state index in [1.807, 2.05) is 0 Å². The highest BCUT2D eigenvalue weighted by Gasteiger charge is 2.55. The first-order valence-electron chi connectivity index (χ1n) is 9.21. The fraction of sp³-hybridized carbons (Fsp3) is 0.130. The maximum Gasteiger partial charge on any atom is 0.343 e. The lowest BCUT2D eigenvalue weighted by molar-refractivity contribution is 0.0221. The van der Waals surface area contributed by atoms with E-state index in [1.54, 1.807) is 38.1 Å². The third-order valence-corrected chi connectivity index (χ3v) is 5.90. The third-order valence-electron chi connectivity index (χ3n) is 5.90. The predicted molar refractivity (Wildman–Crippen MR) is 104 cm³/mol. The lowest BCUT2D eigenvalue weighted by atomic mass is 9.74. The van der Waals surface area contributed by atoms with Crippen LogP contribution in [-0.2, 0) is 10.3 Å². The number of ether oxygens (including phenoxy) is 2. The fourth-order valence-electron chi connectivity index (χ4n) is 4.40. The number of benzene rings is 3. The Hall–Kier alpha value is -4.00. The highest BCUT2D eigenvalue weighted by atomic mass is 16.6. The molecule has 0 fully saturated rings. The Bertz CT molecular complexity index is 1290. The second-order valence-corrected chi connectivity index (χ2v) is 7.38. The highest BCUT2D eigenvalue weighted by molar-refractivity contribution is 5.99. The van der Waals surface area contributed by atoms with Gasteiger partial charge in [-0.15, -0.1) is 0 Å². The van der Waals surface area contributed by atoms with Gasteiger partial charge in [0.1, 0.15) is 22.8 Å². The molecule has 2 heterocycles. The number of phenols is 2. The third kappa shape index (κ3) is 2.03. The van der Waals surface area contributed by atoms with E-state index in [0.717, 1.165) is 0 Å². The summed E-state index contributed by atoms with van der Waals surface area (Å²) in [6, 6.07) is 11.0. The Labute approximate surface area is 170 Å². The molecular weight excluding hydrogens is 388 g/mol. The van der Waals surface area contributed by atoms with E-state index in [9.17, 15) is 24.9 Å². The average Bonchev–Trinajstić information content (AvgIpc) is 2.99. The SMILES string of the molecule is Cc1c(O)cc2c(c1C)C1(OC(=O)c3ccccc31)c1ccc(O)c(C(=O)O)c1O2. The minimum Gasteiger partial charge on any atom is -0.508 e. The molecule has 150 valence electrons. The van der Waals surface area contributed by atoms with E-state index in [4.69, 9.17) is 9.47 Å². The summed E-state index contributed by atoms with van der Waals surface area (Å²) in [6.45, 7) is 3.51. The van der Waals surface area contributed by atoms with Crippen molar-refractivity contribution in [1.82, 2.24) is 0 Å². The van der Waals surface area contributed by atoms with Gasteiger partial charge in [-0.05, 0) is 43.2 Å². The van der Waals surface area contributed by atoms with Crippen molar-refractivity contribution >= 4 is 11.9 Å². The standard InChI is InChI=1S/C23H16O7/c1-10-11(2)19-17(9-16(10)25)29-20-14(7-8-15(24)18(20)21(26)27)23(19)13-6-4-3-5-12(13)22(28)30-23/h3-9,24-25H,1-2H3,(H,26,27). The normalized spacial score (nSPS) is 18.3. The van der Waals surface area contributed by atoms with Crippen molar-refractivity contribution in [2.75, 3.05) is 0 Å². The van der Waals surface area contributed by atoms with Gasteiger partial charge in [0.15, 0.2) is 11.4 Å². The molecule has 30 heavy (non-hydrogen) atoms. The molecule has 0 amide bonds. The van der Waals surface area contributed by atoms with Crippen LogP contribution in [0.25, 0.3) is 0 Å². The summed E-state index contributed by atoms with van der Waals surface area (Å²) in [7, 11) is 0. The van der Waals surface area contributed by atoms with Gasteiger partial charge in [0.2, 0.25) is 0 Å². The van der Waals surface area contributed by atoms with Crippen LogP contribution in [0, 0.1) is 13.8 Å². The van der Waals surface area contributed by atoms with Crippen LogP contribution >= 0.6 is 0 Å². The van der Waals surface area contributed by atoms with Gasteiger partial charge in [-0.25, -0.2) is 9.59 Å². The summed E-state index contributed by atoms with van der Waals surface area (Å²) < 4.78 is 11.9. The van der Waals surface area contributed by atoms with E-state index in [0.29, 0.717) is 27.8 Å². The maximum atomic E-state index is 12.8. The molecule has 7 heteroatoms. The molecule has 2 aliphatic heterocycles. The second-order valence-electron chi connectivity index (χ2n) is 7.38. The minimum absolute atomic E-state index is 0.0421. The van der Waals surface area contributed by atoms with Gasteiger partial charge in [0.25, 0.3) is 0 Å². The second kappa shape index (κ2) is 5.76. The Morgan fingerprint density at radius 3 is 2.43 bits per heavy atom. The smallest absolute Gasteiger partial charge is 0.343 e. The number of carboxylic acids is 1. The number of hydrogen-bond acceptors (Lipinski definition) is 6. The van der Waals surface area contributed by atoms with Gasteiger partial charge < -0.3 is 24.8 Å². The number of carboxylic acid groups (broad SMARTS) is 1. The quantitative estimate of drug-likeness (QED) is 0.526. The van der Waals surface area contributed by atoms with E-state index in [1.165, 1.54) is 18.2 Å². The molecule has 0 aliphatic carbocycles. The molecule has 0 bridgehead atoms. The number of carbonyl (C=O) groups is 2. The first-order valence-corrected chi connectivity index (χ1v) is 9.21. The fourth-order valence-corrected chi connectivity index (χ4v) is 4.40. The number of rotatable bonds is 1. The largest absolute Gasteiger partial charge is 0.508 e. The van der Waals surface area contributed by atoms with Crippen LogP contribution in [-0.4, -0.2) is 27.3 Å². The van der Waals surface area contributed by atoms with Crippen molar-refractivity contribution in [3.05, 3.63) is 81.4 Å². The predicted octanol–water partition coefficient (Wildman–Crippen LogP) is 3.98. The van der Waals surface area contributed by atoms with E-state index in [-0.39, 0.29) is 22.8 Å². The van der Waals surface area contributed by atoms with Gasteiger partial charge in [-0.3, -0.25) is 0 Å². The van der Waals surface area contributed by atoms with Gasteiger partial charge in [-0.2, -0.15) is 0 Å². The van der Waals surface area contributed by atoms with Gasteiger partial charge >= 0.3 is 11.9 Å². The Morgan fingerprint density at radius 1 is 0.967 bits per heavy atom. The molecule has 1 atom stereocenters. The van der Waals surface area contributed by atoms with Crippen LogP contribution in [0.1, 0.15) is 48.5 Å². The molecule has 3 aromatic rings. The topological polar surface area (TPSA) is 113 Å². The summed E-state index contributed by atoms with van der Waals surface area (Å²) in [6.07, 6.45) is 0. The van der Waals surface area contributed by atoms with E-state index < -0.39 is 28.9 Å². The van der Waals surface area contributed by atoms with Crippen LogP contribution < -0.4 is 4.74 Å². The van der Waals surface area contributed by atoms with Crippen molar-refractivity contribution in [2.45, 2.75) is 19.4 Å². The van der Waals surface area contributed by atoms with Gasteiger partial charge in [0.05, 0.1) is 11.1 Å². The minimum atomic E-state index is -1.48. The van der Waals surface area contributed by atoms with Crippen molar-refractivity contribution in [3.63, 3.8) is 0 Å².